The zero-order valence-corrected chi connectivity index (χ0v) is 8.46. The lowest BCUT2D eigenvalue weighted by Gasteiger charge is -2.35. The summed E-state index contributed by atoms with van der Waals surface area (Å²) in [5.74, 6) is 0. The Labute approximate surface area is 80.4 Å². The van der Waals surface area contributed by atoms with Crippen LogP contribution in [0.25, 0.3) is 0 Å². The fraction of sp³-hybridized carbons (Fsp3) is 1.00. The zero-order valence-electron chi connectivity index (χ0n) is 8.46. The van der Waals surface area contributed by atoms with Gasteiger partial charge < -0.3 is 10.1 Å². The molecule has 0 amide bonds. The second kappa shape index (κ2) is 4.40. The van der Waals surface area contributed by atoms with Crippen LogP contribution >= 0.6 is 0 Å². The van der Waals surface area contributed by atoms with Crippen LogP contribution in [0.3, 0.4) is 0 Å². The van der Waals surface area contributed by atoms with E-state index in [0.29, 0.717) is 6.23 Å². The number of ether oxygens (including phenoxy) is 1. The molecule has 13 heavy (non-hydrogen) atoms. The fourth-order valence-electron chi connectivity index (χ4n) is 2.33. The predicted molar refractivity (Wildman–Crippen MR) is 52.6 cm³/mol. The molecule has 2 fully saturated rings. The minimum absolute atomic E-state index is 0.406. The molecule has 1 atom stereocenters. The number of hydrogen-bond acceptors (Lipinski definition) is 3. The van der Waals surface area contributed by atoms with E-state index in [9.17, 15) is 0 Å². The summed E-state index contributed by atoms with van der Waals surface area (Å²) in [5, 5.41) is 3.39. The van der Waals surface area contributed by atoms with Gasteiger partial charge in [0.1, 0.15) is 6.23 Å². The monoisotopic (exact) mass is 184 g/mol. The molecule has 0 aromatic heterocycles. The van der Waals surface area contributed by atoms with Gasteiger partial charge in [0.25, 0.3) is 0 Å². The molecular formula is C10H20N2O. The molecule has 2 aliphatic heterocycles. The van der Waals surface area contributed by atoms with Crippen molar-refractivity contribution >= 4 is 0 Å². The van der Waals surface area contributed by atoms with Crippen molar-refractivity contribution in [2.75, 3.05) is 26.7 Å². The number of nitrogens with one attached hydrogen (secondary N) is 1. The van der Waals surface area contributed by atoms with Gasteiger partial charge in [-0.1, -0.05) is 0 Å². The fourth-order valence-corrected chi connectivity index (χ4v) is 2.33. The van der Waals surface area contributed by atoms with E-state index in [-0.39, 0.29) is 0 Å². The van der Waals surface area contributed by atoms with Crippen LogP contribution in [0.15, 0.2) is 0 Å². The van der Waals surface area contributed by atoms with Gasteiger partial charge in [-0.05, 0) is 45.8 Å². The summed E-state index contributed by atoms with van der Waals surface area (Å²) in [4.78, 5) is 2.44. The molecule has 3 heteroatoms. The average Bonchev–Trinajstić information content (AvgIpc) is 2.71. The van der Waals surface area contributed by atoms with E-state index in [2.05, 4.69) is 17.3 Å². The lowest BCUT2D eigenvalue weighted by molar-refractivity contribution is -0.0335. The van der Waals surface area contributed by atoms with Gasteiger partial charge >= 0.3 is 0 Å². The van der Waals surface area contributed by atoms with Crippen LogP contribution in [0.4, 0.5) is 0 Å². The van der Waals surface area contributed by atoms with E-state index in [1.54, 1.807) is 0 Å². The lowest BCUT2D eigenvalue weighted by Crippen LogP contribution is -2.45. The molecule has 0 saturated carbocycles. The Bertz CT molecular complexity index is 151. The van der Waals surface area contributed by atoms with E-state index in [0.717, 1.165) is 12.6 Å². The Morgan fingerprint density at radius 3 is 2.62 bits per heavy atom. The van der Waals surface area contributed by atoms with Gasteiger partial charge in [0, 0.05) is 12.6 Å². The zero-order chi connectivity index (χ0) is 9.10. The average molecular weight is 184 g/mol. The van der Waals surface area contributed by atoms with Crippen LogP contribution in [0, 0.1) is 0 Å². The third-order valence-electron chi connectivity index (χ3n) is 3.24. The highest BCUT2D eigenvalue weighted by Crippen LogP contribution is 2.20. The minimum Gasteiger partial charge on any atom is -0.363 e. The van der Waals surface area contributed by atoms with Crippen molar-refractivity contribution in [1.82, 2.24) is 10.2 Å². The van der Waals surface area contributed by atoms with Gasteiger partial charge in [0.2, 0.25) is 0 Å². The summed E-state index contributed by atoms with van der Waals surface area (Å²) in [5.41, 5.74) is 0. The van der Waals surface area contributed by atoms with Crippen molar-refractivity contribution in [2.45, 2.75) is 38.0 Å². The molecule has 0 unspecified atom stereocenters. The summed E-state index contributed by atoms with van der Waals surface area (Å²) in [6, 6.07) is 0.740. The highest BCUT2D eigenvalue weighted by molar-refractivity contribution is 4.78. The van der Waals surface area contributed by atoms with E-state index in [1.807, 2.05) is 0 Å². The normalized spacial score (nSPS) is 31.4. The lowest BCUT2D eigenvalue weighted by atomic mass is 10.0. The Morgan fingerprint density at radius 1 is 1.23 bits per heavy atom. The molecule has 76 valence electrons. The Kier molecular flexibility index (Phi) is 3.19. The molecule has 2 rings (SSSR count). The summed E-state index contributed by atoms with van der Waals surface area (Å²) < 4.78 is 5.67. The van der Waals surface area contributed by atoms with Crippen LogP contribution in [0.2, 0.25) is 0 Å². The second-order valence-electron chi connectivity index (χ2n) is 4.11. The summed E-state index contributed by atoms with van der Waals surface area (Å²) in [6.07, 6.45) is 5.41. The first kappa shape index (κ1) is 9.44. The Morgan fingerprint density at radius 2 is 2.00 bits per heavy atom. The molecule has 0 aromatic rings. The van der Waals surface area contributed by atoms with E-state index < -0.39 is 0 Å². The van der Waals surface area contributed by atoms with Gasteiger partial charge in [0.05, 0.1) is 0 Å². The van der Waals surface area contributed by atoms with E-state index in [1.165, 1.54) is 38.8 Å². The maximum absolute atomic E-state index is 5.67. The van der Waals surface area contributed by atoms with Crippen molar-refractivity contribution in [2.24, 2.45) is 0 Å². The first-order valence-electron chi connectivity index (χ1n) is 5.42. The third kappa shape index (κ3) is 2.22. The van der Waals surface area contributed by atoms with Crippen LogP contribution in [0.1, 0.15) is 25.7 Å². The first-order chi connectivity index (χ1) is 6.38. The van der Waals surface area contributed by atoms with Crippen LogP contribution < -0.4 is 5.32 Å². The standard InChI is InChI=1S/C10H20N2O/c1-12(10-3-2-8-13-10)9-4-6-11-7-5-9/h9-11H,2-8H2,1H3/t10-/m0/s1. The number of nitrogens with zero attached hydrogens (tertiary/aromatic N) is 1. The first-order valence-corrected chi connectivity index (χ1v) is 5.42. The quantitative estimate of drug-likeness (QED) is 0.687. The summed E-state index contributed by atoms with van der Waals surface area (Å²) >= 11 is 0. The van der Waals surface area contributed by atoms with Crippen LogP contribution in [-0.2, 0) is 4.74 Å². The molecule has 0 bridgehead atoms. The minimum atomic E-state index is 0.406. The maximum Gasteiger partial charge on any atom is 0.110 e. The second-order valence-corrected chi connectivity index (χ2v) is 4.11. The van der Waals surface area contributed by atoms with Gasteiger partial charge in [0.15, 0.2) is 0 Å². The van der Waals surface area contributed by atoms with Crippen molar-refractivity contribution in [3.63, 3.8) is 0 Å². The molecule has 0 aromatic carbocycles. The Balaban J connectivity index is 1.83. The predicted octanol–water partition coefficient (Wildman–Crippen LogP) is 0.807. The molecule has 0 radical (unpaired) electrons. The molecular weight excluding hydrogens is 164 g/mol. The molecule has 0 spiro atoms. The summed E-state index contributed by atoms with van der Waals surface area (Å²) in [6.45, 7) is 3.30. The molecule has 0 aliphatic carbocycles. The van der Waals surface area contributed by atoms with Crippen LogP contribution in [0.5, 0.6) is 0 Å². The van der Waals surface area contributed by atoms with Crippen molar-refractivity contribution < 1.29 is 4.74 Å². The maximum atomic E-state index is 5.67. The van der Waals surface area contributed by atoms with Gasteiger partial charge in [-0.15, -0.1) is 0 Å². The summed E-state index contributed by atoms with van der Waals surface area (Å²) in [7, 11) is 2.21. The van der Waals surface area contributed by atoms with Gasteiger partial charge in [-0.25, -0.2) is 0 Å². The molecule has 1 N–H and O–H groups in total. The number of piperidine rings is 1. The van der Waals surface area contributed by atoms with Gasteiger partial charge in [-0.2, -0.15) is 0 Å². The van der Waals surface area contributed by atoms with Gasteiger partial charge in [-0.3, -0.25) is 4.90 Å². The van der Waals surface area contributed by atoms with Crippen molar-refractivity contribution in [3.05, 3.63) is 0 Å². The molecule has 2 saturated heterocycles. The molecule has 3 nitrogen and oxygen atoms in total. The topological polar surface area (TPSA) is 24.5 Å². The smallest absolute Gasteiger partial charge is 0.110 e. The number of rotatable bonds is 2. The molecule has 2 heterocycles. The SMILES string of the molecule is CN(C1CCNCC1)[C@@H]1CCCO1. The largest absolute Gasteiger partial charge is 0.363 e. The van der Waals surface area contributed by atoms with E-state index in [4.69, 9.17) is 4.74 Å². The van der Waals surface area contributed by atoms with Crippen molar-refractivity contribution in [1.29, 1.82) is 0 Å². The number of hydrogen-bond donors (Lipinski definition) is 1. The third-order valence-corrected chi connectivity index (χ3v) is 3.24. The highest BCUT2D eigenvalue weighted by Gasteiger charge is 2.26. The van der Waals surface area contributed by atoms with Crippen molar-refractivity contribution in [3.8, 4) is 0 Å². The Hall–Kier alpha value is -0.120. The van der Waals surface area contributed by atoms with E-state index >= 15 is 0 Å². The molecule has 2 aliphatic rings. The highest BCUT2D eigenvalue weighted by atomic mass is 16.5. The van der Waals surface area contributed by atoms with Crippen LogP contribution in [-0.4, -0.2) is 43.9 Å².